The lowest BCUT2D eigenvalue weighted by molar-refractivity contribution is 0.357. The van der Waals surface area contributed by atoms with Crippen LogP contribution >= 0.6 is 23.9 Å². The van der Waals surface area contributed by atoms with Crippen LogP contribution in [0.15, 0.2) is 24.5 Å². The first-order chi connectivity index (χ1) is 13.9. The molecular formula is C22H32ClN5OS. The van der Waals surface area contributed by atoms with Crippen LogP contribution in [0.25, 0.3) is 11.4 Å². The molecule has 0 unspecified atom stereocenters. The van der Waals surface area contributed by atoms with E-state index in [0.29, 0.717) is 16.9 Å². The summed E-state index contributed by atoms with van der Waals surface area (Å²) >= 11 is 1.27. The van der Waals surface area contributed by atoms with Crippen LogP contribution in [0.1, 0.15) is 37.5 Å². The van der Waals surface area contributed by atoms with Crippen molar-refractivity contribution in [1.82, 2.24) is 24.0 Å². The van der Waals surface area contributed by atoms with Gasteiger partial charge in [0.25, 0.3) is 5.19 Å². The Labute approximate surface area is 189 Å². The summed E-state index contributed by atoms with van der Waals surface area (Å²) in [6.07, 6.45) is 4.84. The van der Waals surface area contributed by atoms with Gasteiger partial charge in [-0.25, -0.2) is 0 Å². The van der Waals surface area contributed by atoms with Crippen molar-refractivity contribution in [3.8, 4) is 22.3 Å². The van der Waals surface area contributed by atoms with Gasteiger partial charge in [0.1, 0.15) is 5.75 Å². The van der Waals surface area contributed by atoms with Gasteiger partial charge < -0.3 is 9.64 Å². The number of aromatic nitrogens is 4. The molecule has 0 spiro atoms. The van der Waals surface area contributed by atoms with Crippen molar-refractivity contribution in [2.24, 2.45) is 5.92 Å². The molecule has 0 radical (unpaired) electrons. The van der Waals surface area contributed by atoms with Gasteiger partial charge in [0.2, 0.25) is 0 Å². The van der Waals surface area contributed by atoms with Crippen LogP contribution < -0.4 is 4.74 Å². The quantitative estimate of drug-likeness (QED) is 0.438. The lowest BCUT2D eigenvalue weighted by Gasteiger charge is -2.16. The van der Waals surface area contributed by atoms with Crippen LogP contribution in [-0.2, 0) is 13.0 Å². The summed E-state index contributed by atoms with van der Waals surface area (Å²) in [4.78, 5) is 6.88. The van der Waals surface area contributed by atoms with Crippen molar-refractivity contribution in [3.05, 3.63) is 41.2 Å². The fraction of sp³-hybridized carbons (Fsp3) is 0.500. The van der Waals surface area contributed by atoms with Crippen LogP contribution in [0.5, 0.6) is 10.9 Å². The number of aryl methyl sites for hydroxylation is 2. The van der Waals surface area contributed by atoms with Gasteiger partial charge >= 0.3 is 0 Å². The van der Waals surface area contributed by atoms with E-state index in [2.05, 4.69) is 73.2 Å². The highest BCUT2D eigenvalue weighted by atomic mass is 35.5. The van der Waals surface area contributed by atoms with Crippen LogP contribution in [0.4, 0.5) is 0 Å². The number of likely N-dealkylation sites (N-methyl/N-ethyl adjacent to an activating group) is 1. The average molecular weight is 450 g/mol. The number of hydrogen-bond donors (Lipinski definition) is 0. The molecule has 0 saturated heterocycles. The zero-order valence-electron chi connectivity index (χ0n) is 18.7. The largest absolute Gasteiger partial charge is 0.430 e. The van der Waals surface area contributed by atoms with Gasteiger partial charge in [-0.1, -0.05) is 26.8 Å². The normalized spacial score (nSPS) is 11.2. The van der Waals surface area contributed by atoms with Crippen LogP contribution in [0.2, 0.25) is 0 Å². The van der Waals surface area contributed by atoms with E-state index in [9.17, 15) is 0 Å². The maximum atomic E-state index is 6.07. The van der Waals surface area contributed by atoms with Crippen LogP contribution in [0.3, 0.4) is 0 Å². The first-order valence-electron chi connectivity index (χ1n) is 10.2. The molecule has 0 N–H and O–H groups in total. The molecule has 0 fully saturated rings. The smallest absolute Gasteiger partial charge is 0.299 e. The molecule has 0 saturated carbocycles. The van der Waals surface area contributed by atoms with Gasteiger partial charge in [-0.05, 0) is 62.5 Å². The fourth-order valence-corrected chi connectivity index (χ4v) is 3.68. The zero-order chi connectivity index (χ0) is 21.0. The van der Waals surface area contributed by atoms with Gasteiger partial charge in [0, 0.05) is 30.8 Å². The minimum Gasteiger partial charge on any atom is -0.430 e. The van der Waals surface area contributed by atoms with Gasteiger partial charge in [-0.3, -0.25) is 4.68 Å². The topological polar surface area (TPSA) is 56.1 Å². The second-order valence-electron chi connectivity index (χ2n) is 8.02. The van der Waals surface area contributed by atoms with E-state index in [1.807, 2.05) is 17.1 Å². The molecule has 2 heterocycles. The van der Waals surface area contributed by atoms with Gasteiger partial charge in [-0.15, -0.1) is 12.4 Å². The predicted octanol–water partition coefficient (Wildman–Crippen LogP) is 5.38. The third-order valence-electron chi connectivity index (χ3n) is 4.98. The Morgan fingerprint density at radius 3 is 2.67 bits per heavy atom. The van der Waals surface area contributed by atoms with Crippen molar-refractivity contribution >= 4 is 23.9 Å². The summed E-state index contributed by atoms with van der Waals surface area (Å²) in [5.74, 6) is 2.04. The molecule has 0 aliphatic rings. The number of halogens is 1. The Balaban J connectivity index is 0.00000320. The van der Waals surface area contributed by atoms with Gasteiger partial charge in [0.05, 0.1) is 11.8 Å². The molecule has 2 aromatic heterocycles. The number of ether oxygens (including phenoxy) is 1. The Kier molecular flexibility index (Phi) is 8.82. The Morgan fingerprint density at radius 1 is 1.20 bits per heavy atom. The summed E-state index contributed by atoms with van der Waals surface area (Å²) in [5.41, 5.74) is 4.65. The molecule has 6 nitrogen and oxygen atoms in total. The molecule has 8 heteroatoms. The molecule has 0 bridgehead atoms. The standard InChI is InChI=1S/C22H31N5OS.ClH/c1-7-26(6)9-8-18-10-17(5)20(11-16(18)4)28-22-24-21(25-29-22)19-12-23-27(14-19)13-15(2)3;/h10-12,14-15H,7-9,13H2,1-6H3;1H. The highest BCUT2D eigenvalue weighted by Crippen LogP contribution is 2.31. The van der Waals surface area contributed by atoms with E-state index in [1.165, 1.54) is 22.7 Å². The molecule has 3 aromatic rings. The predicted molar refractivity (Wildman–Crippen MR) is 126 cm³/mol. The maximum Gasteiger partial charge on any atom is 0.299 e. The summed E-state index contributed by atoms with van der Waals surface area (Å²) in [6, 6.07) is 4.34. The highest BCUT2D eigenvalue weighted by molar-refractivity contribution is 7.07. The van der Waals surface area contributed by atoms with E-state index in [-0.39, 0.29) is 12.4 Å². The maximum absolute atomic E-state index is 6.07. The van der Waals surface area contributed by atoms with E-state index < -0.39 is 0 Å². The van der Waals surface area contributed by atoms with Crippen LogP contribution in [0, 0.1) is 19.8 Å². The minimum atomic E-state index is 0. The molecule has 1 aromatic carbocycles. The first-order valence-corrected chi connectivity index (χ1v) is 11.0. The summed E-state index contributed by atoms with van der Waals surface area (Å²) in [7, 11) is 2.15. The Hall–Kier alpha value is -1.96. The van der Waals surface area contributed by atoms with Crippen LogP contribution in [-0.4, -0.2) is 44.2 Å². The van der Waals surface area contributed by atoms with E-state index in [0.717, 1.165) is 42.9 Å². The molecule has 3 rings (SSSR count). The molecule has 0 aliphatic heterocycles. The SMILES string of the molecule is CCN(C)CCc1cc(C)c(Oc2nc(-c3cnn(CC(C)C)c3)ns2)cc1C.Cl. The van der Waals surface area contributed by atoms with Crippen molar-refractivity contribution in [2.45, 2.75) is 47.6 Å². The number of rotatable bonds is 9. The summed E-state index contributed by atoms with van der Waals surface area (Å²) in [6.45, 7) is 13.8. The van der Waals surface area contributed by atoms with Gasteiger partial charge in [-0.2, -0.15) is 14.5 Å². The van der Waals surface area contributed by atoms with E-state index >= 15 is 0 Å². The number of hydrogen-bond acceptors (Lipinski definition) is 6. The first kappa shape index (κ1) is 24.3. The number of nitrogens with zero attached hydrogens (tertiary/aromatic N) is 5. The Bertz CT molecular complexity index is 953. The molecule has 0 atom stereocenters. The third-order valence-corrected chi connectivity index (χ3v) is 5.58. The lowest BCUT2D eigenvalue weighted by atomic mass is 10.0. The zero-order valence-corrected chi connectivity index (χ0v) is 20.3. The molecular weight excluding hydrogens is 418 g/mol. The average Bonchev–Trinajstić information content (AvgIpc) is 3.32. The molecule has 0 amide bonds. The Morgan fingerprint density at radius 2 is 1.97 bits per heavy atom. The van der Waals surface area contributed by atoms with E-state index in [1.54, 1.807) is 0 Å². The van der Waals surface area contributed by atoms with Crippen molar-refractivity contribution in [1.29, 1.82) is 0 Å². The van der Waals surface area contributed by atoms with Crippen molar-refractivity contribution in [2.75, 3.05) is 20.1 Å². The van der Waals surface area contributed by atoms with E-state index in [4.69, 9.17) is 4.74 Å². The van der Waals surface area contributed by atoms with Crippen molar-refractivity contribution < 1.29 is 4.74 Å². The minimum absolute atomic E-state index is 0. The lowest BCUT2D eigenvalue weighted by Crippen LogP contribution is -2.20. The highest BCUT2D eigenvalue weighted by Gasteiger charge is 2.13. The molecule has 0 aliphatic carbocycles. The monoisotopic (exact) mass is 449 g/mol. The molecule has 164 valence electrons. The second-order valence-corrected chi connectivity index (χ2v) is 8.74. The fourth-order valence-electron chi connectivity index (χ4n) is 3.11. The third kappa shape index (κ3) is 6.27. The summed E-state index contributed by atoms with van der Waals surface area (Å²) < 4.78 is 12.5. The van der Waals surface area contributed by atoms with Gasteiger partial charge in [0.15, 0.2) is 5.82 Å². The van der Waals surface area contributed by atoms with Crippen molar-refractivity contribution in [3.63, 3.8) is 0 Å². The second kappa shape index (κ2) is 10.9. The summed E-state index contributed by atoms with van der Waals surface area (Å²) in [5, 5.41) is 4.95. The number of benzene rings is 1. The molecule has 30 heavy (non-hydrogen) atoms.